The summed E-state index contributed by atoms with van der Waals surface area (Å²) in [5, 5.41) is 5.98. The second-order valence-electron chi connectivity index (χ2n) is 5.24. The number of halogens is 3. The van der Waals surface area contributed by atoms with E-state index in [2.05, 4.69) is 10.6 Å². The van der Waals surface area contributed by atoms with E-state index in [-0.39, 0.29) is 11.9 Å². The monoisotopic (exact) mass is 300 g/mol. The lowest BCUT2D eigenvalue weighted by Gasteiger charge is -2.22. The molecular weight excluding hydrogens is 281 g/mol. The Morgan fingerprint density at radius 3 is 2.52 bits per heavy atom. The van der Waals surface area contributed by atoms with Gasteiger partial charge in [-0.25, -0.2) is 0 Å². The van der Waals surface area contributed by atoms with Gasteiger partial charge in [-0.3, -0.25) is 4.79 Å². The Hall–Kier alpha value is -1.56. The Morgan fingerprint density at radius 2 is 1.95 bits per heavy atom. The standard InChI is InChI=1S/C15H19F3N2O/c16-15(17,18)12-6-4-11(5-7-12)8-10-20-14(21)13-3-1-2-9-19-13/h4-7,13,19H,1-3,8-10H2,(H,20,21)/t13-/m0/s1. The lowest BCUT2D eigenvalue weighted by Crippen LogP contribution is -2.47. The zero-order chi connectivity index (χ0) is 15.3. The number of carbonyl (C=O) groups is 1. The van der Waals surface area contributed by atoms with Crippen LogP contribution in [-0.4, -0.2) is 25.0 Å². The van der Waals surface area contributed by atoms with Crippen molar-refractivity contribution in [2.24, 2.45) is 0 Å². The number of rotatable bonds is 4. The predicted octanol–water partition coefficient (Wildman–Crippen LogP) is 2.51. The second-order valence-corrected chi connectivity index (χ2v) is 5.24. The summed E-state index contributed by atoms with van der Waals surface area (Å²) in [6.07, 6.45) is -0.804. The van der Waals surface area contributed by atoms with E-state index in [4.69, 9.17) is 0 Å². The number of hydrogen-bond donors (Lipinski definition) is 2. The fraction of sp³-hybridized carbons (Fsp3) is 0.533. The highest BCUT2D eigenvalue weighted by Gasteiger charge is 2.29. The molecule has 0 aliphatic carbocycles. The van der Waals surface area contributed by atoms with Crippen molar-refractivity contribution in [1.29, 1.82) is 0 Å². The van der Waals surface area contributed by atoms with Crippen molar-refractivity contribution < 1.29 is 18.0 Å². The maximum atomic E-state index is 12.4. The van der Waals surface area contributed by atoms with Gasteiger partial charge >= 0.3 is 6.18 Å². The van der Waals surface area contributed by atoms with E-state index >= 15 is 0 Å². The van der Waals surface area contributed by atoms with E-state index in [1.54, 1.807) is 0 Å². The van der Waals surface area contributed by atoms with Crippen LogP contribution in [0.25, 0.3) is 0 Å². The second kappa shape index (κ2) is 6.93. The molecule has 0 spiro atoms. The summed E-state index contributed by atoms with van der Waals surface area (Å²) in [6.45, 7) is 1.29. The smallest absolute Gasteiger partial charge is 0.354 e. The van der Waals surface area contributed by atoms with Gasteiger partial charge in [0.25, 0.3) is 0 Å². The number of nitrogens with one attached hydrogen (secondary N) is 2. The SMILES string of the molecule is O=C(NCCc1ccc(C(F)(F)F)cc1)[C@@H]1CCCCN1. The molecule has 1 aliphatic heterocycles. The summed E-state index contributed by atoms with van der Waals surface area (Å²) >= 11 is 0. The molecule has 0 unspecified atom stereocenters. The normalized spacial score (nSPS) is 19.3. The molecule has 21 heavy (non-hydrogen) atoms. The van der Waals surface area contributed by atoms with Gasteiger partial charge in [0, 0.05) is 6.54 Å². The van der Waals surface area contributed by atoms with Crippen molar-refractivity contribution in [2.75, 3.05) is 13.1 Å². The summed E-state index contributed by atoms with van der Waals surface area (Å²) < 4.78 is 37.3. The molecule has 1 fully saturated rings. The molecule has 0 radical (unpaired) electrons. The van der Waals surface area contributed by atoms with Crippen molar-refractivity contribution in [1.82, 2.24) is 10.6 Å². The Kier molecular flexibility index (Phi) is 5.22. The average molecular weight is 300 g/mol. The quantitative estimate of drug-likeness (QED) is 0.897. The topological polar surface area (TPSA) is 41.1 Å². The van der Waals surface area contributed by atoms with Gasteiger partial charge in [-0.1, -0.05) is 18.6 Å². The van der Waals surface area contributed by atoms with Gasteiger partial charge in [-0.2, -0.15) is 13.2 Å². The van der Waals surface area contributed by atoms with Crippen LogP contribution in [0.15, 0.2) is 24.3 Å². The van der Waals surface area contributed by atoms with Gasteiger partial charge in [0.1, 0.15) is 0 Å². The molecule has 116 valence electrons. The highest BCUT2D eigenvalue weighted by molar-refractivity contribution is 5.81. The molecule has 1 atom stereocenters. The third-order valence-electron chi connectivity index (χ3n) is 3.62. The summed E-state index contributed by atoms with van der Waals surface area (Å²) in [7, 11) is 0. The van der Waals surface area contributed by atoms with Crippen LogP contribution in [0.2, 0.25) is 0 Å². The summed E-state index contributed by atoms with van der Waals surface area (Å²) in [5.41, 5.74) is 0.126. The van der Waals surface area contributed by atoms with E-state index in [9.17, 15) is 18.0 Å². The number of carbonyl (C=O) groups excluding carboxylic acids is 1. The Balaban J connectivity index is 1.76. The van der Waals surface area contributed by atoms with Crippen molar-refractivity contribution in [3.05, 3.63) is 35.4 Å². The van der Waals surface area contributed by atoms with Crippen molar-refractivity contribution in [2.45, 2.75) is 37.9 Å². The number of amides is 1. The van der Waals surface area contributed by atoms with E-state index in [1.807, 2.05) is 0 Å². The zero-order valence-electron chi connectivity index (χ0n) is 11.7. The molecule has 2 rings (SSSR count). The number of piperidine rings is 1. The van der Waals surface area contributed by atoms with Crippen molar-refractivity contribution in [3.63, 3.8) is 0 Å². The van der Waals surface area contributed by atoms with Crippen LogP contribution in [0, 0.1) is 0 Å². The first kappa shape index (κ1) is 15.8. The summed E-state index contributed by atoms with van der Waals surface area (Å²) in [6, 6.07) is 4.91. The van der Waals surface area contributed by atoms with Gasteiger partial charge in [-0.15, -0.1) is 0 Å². The molecule has 0 aromatic heterocycles. The summed E-state index contributed by atoms with van der Waals surface area (Å²) in [5.74, 6) is -0.0263. The first-order chi connectivity index (χ1) is 9.97. The highest BCUT2D eigenvalue weighted by atomic mass is 19.4. The minimum absolute atomic E-state index is 0.0263. The Labute approximate surface area is 121 Å². The molecule has 0 bridgehead atoms. The molecule has 3 nitrogen and oxygen atoms in total. The summed E-state index contributed by atoms with van der Waals surface area (Å²) in [4.78, 5) is 11.9. The fourth-order valence-electron chi connectivity index (χ4n) is 2.39. The van der Waals surface area contributed by atoms with Crippen LogP contribution in [0.3, 0.4) is 0 Å². The molecule has 1 aromatic carbocycles. The fourth-order valence-corrected chi connectivity index (χ4v) is 2.39. The molecule has 1 heterocycles. The van der Waals surface area contributed by atoms with Crippen molar-refractivity contribution >= 4 is 5.91 Å². The van der Waals surface area contributed by atoms with Gasteiger partial charge in [-0.05, 0) is 43.5 Å². The van der Waals surface area contributed by atoms with E-state index in [0.717, 1.165) is 43.5 Å². The first-order valence-corrected chi connectivity index (χ1v) is 7.14. The van der Waals surface area contributed by atoms with Crippen LogP contribution in [0.1, 0.15) is 30.4 Å². The molecule has 6 heteroatoms. The van der Waals surface area contributed by atoms with E-state index in [1.165, 1.54) is 12.1 Å². The number of benzene rings is 1. The van der Waals surface area contributed by atoms with Crippen LogP contribution < -0.4 is 10.6 Å². The maximum Gasteiger partial charge on any atom is 0.416 e. The van der Waals surface area contributed by atoms with Gasteiger partial charge in [0.15, 0.2) is 0 Å². The van der Waals surface area contributed by atoms with Crippen LogP contribution in [0.5, 0.6) is 0 Å². The molecule has 1 saturated heterocycles. The average Bonchev–Trinajstić information content (AvgIpc) is 2.47. The molecule has 1 aliphatic rings. The van der Waals surface area contributed by atoms with Gasteiger partial charge in [0.2, 0.25) is 5.91 Å². The van der Waals surface area contributed by atoms with Crippen LogP contribution >= 0.6 is 0 Å². The van der Waals surface area contributed by atoms with Gasteiger partial charge in [0.05, 0.1) is 11.6 Å². The van der Waals surface area contributed by atoms with E-state index in [0.29, 0.717) is 13.0 Å². The third-order valence-corrected chi connectivity index (χ3v) is 3.62. The third kappa shape index (κ3) is 4.74. The minimum atomic E-state index is -4.31. The van der Waals surface area contributed by atoms with Crippen LogP contribution in [0.4, 0.5) is 13.2 Å². The zero-order valence-corrected chi connectivity index (χ0v) is 11.7. The maximum absolute atomic E-state index is 12.4. The number of alkyl halides is 3. The predicted molar refractivity (Wildman–Crippen MR) is 73.8 cm³/mol. The van der Waals surface area contributed by atoms with Gasteiger partial charge < -0.3 is 10.6 Å². The lowest BCUT2D eigenvalue weighted by atomic mass is 10.0. The van der Waals surface area contributed by atoms with Crippen LogP contribution in [-0.2, 0) is 17.4 Å². The van der Waals surface area contributed by atoms with Crippen molar-refractivity contribution in [3.8, 4) is 0 Å². The Bertz CT molecular complexity index is 465. The minimum Gasteiger partial charge on any atom is -0.354 e. The lowest BCUT2D eigenvalue weighted by molar-refractivity contribution is -0.137. The Morgan fingerprint density at radius 1 is 1.24 bits per heavy atom. The molecule has 1 aromatic rings. The highest BCUT2D eigenvalue weighted by Crippen LogP contribution is 2.29. The number of hydrogen-bond acceptors (Lipinski definition) is 2. The largest absolute Gasteiger partial charge is 0.416 e. The molecule has 0 saturated carbocycles. The molecule has 1 amide bonds. The molecular formula is C15H19F3N2O. The van der Waals surface area contributed by atoms with E-state index < -0.39 is 11.7 Å². The molecule has 2 N–H and O–H groups in total. The first-order valence-electron chi connectivity index (χ1n) is 7.14.